The van der Waals surface area contributed by atoms with Gasteiger partial charge in [-0.25, -0.2) is 4.79 Å². The lowest BCUT2D eigenvalue weighted by molar-refractivity contribution is 0.237. The number of hydrogen-bond donors (Lipinski definition) is 2. The molecule has 0 heterocycles. The van der Waals surface area contributed by atoms with Crippen molar-refractivity contribution in [3.05, 3.63) is 0 Å². The van der Waals surface area contributed by atoms with Crippen molar-refractivity contribution in [2.24, 2.45) is 0 Å². The quantitative estimate of drug-likeness (QED) is 0.674. The van der Waals surface area contributed by atoms with E-state index in [4.69, 9.17) is 0 Å². The minimum absolute atomic E-state index is 0.0923. The molecule has 0 radical (unpaired) electrons. The minimum atomic E-state index is -0.0923. The third-order valence-corrected chi connectivity index (χ3v) is 2.61. The van der Waals surface area contributed by atoms with E-state index in [9.17, 15) is 4.79 Å². The van der Waals surface area contributed by atoms with Gasteiger partial charge in [0.05, 0.1) is 0 Å². The Morgan fingerprint density at radius 2 is 1.93 bits per heavy atom. The molecule has 1 atom stereocenters. The second-order valence-electron chi connectivity index (χ2n) is 3.79. The average molecular weight is 215 g/mol. The summed E-state index contributed by atoms with van der Waals surface area (Å²) in [5.74, 6) is 0. The Balaban J connectivity index is 3.53. The summed E-state index contributed by atoms with van der Waals surface area (Å²) in [6.07, 6.45) is 2.16. The molecule has 90 valence electrons. The zero-order valence-electron chi connectivity index (χ0n) is 10.5. The van der Waals surface area contributed by atoms with Crippen molar-refractivity contribution in [3.8, 4) is 0 Å². The Labute approximate surface area is 93.4 Å². The van der Waals surface area contributed by atoms with Crippen LogP contribution in [-0.4, -0.2) is 43.7 Å². The van der Waals surface area contributed by atoms with Crippen molar-refractivity contribution < 1.29 is 4.79 Å². The Kier molecular flexibility index (Phi) is 8.09. The Morgan fingerprint density at radius 1 is 1.33 bits per heavy atom. The molecule has 0 bridgehead atoms. The van der Waals surface area contributed by atoms with Crippen LogP contribution in [0.2, 0.25) is 0 Å². The molecule has 1 unspecified atom stereocenters. The number of carbonyl (C=O) groups is 1. The van der Waals surface area contributed by atoms with E-state index < -0.39 is 0 Å². The highest BCUT2D eigenvalue weighted by atomic mass is 16.2. The van der Waals surface area contributed by atoms with Gasteiger partial charge in [0.2, 0.25) is 0 Å². The molecule has 0 fully saturated rings. The number of carbonyl (C=O) groups excluding carboxylic acids is 1. The predicted octanol–water partition coefficient (Wildman–Crippen LogP) is 1.43. The molecule has 2 N–H and O–H groups in total. The van der Waals surface area contributed by atoms with Crippen LogP contribution in [0.5, 0.6) is 0 Å². The number of nitrogens with zero attached hydrogens (tertiary/aromatic N) is 1. The van der Waals surface area contributed by atoms with E-state index in [1.54, 1.807) is 7.05 Å². The van der Waals surface area contributed by atoms with Crippen molar-refractivity contribution in [3.63, 3.8) is 0 Å². The topological polar surface area (TPSA) is 44.4 Å². The fraction of sp³-hybridized carbons (Fsp3) is 0.909. The maximum absolute atomic E-state index is 11.0. The SMILES string of the molecule is CCN(CC)CCCC(C)NC(=O)NC. The number of rotatable bonds is 7. The van der Waals surface area contributed by atoms with Crippen molar-refractivity contribution >= 4 is 6.03 Å². The molecule has 0 rings (SSSR count). The Bertz CT molecular complexity index is 169. The molecule has 0 spiro atoms. The summed E-state index contributed by atoms with van der Waals surface area (Å²) in [5.41, 5.74) is 0. The molecule has 0 aliphatic carbocycles. The van der Waals surface area contributed by atoms with Crippen LogP contribution in [-0.2, 0) is 0 Å². The summed E-state index contributed by atoms with van der Waals surface area (Å²) in [6, 6.07) is 0.158. The minimum Gasteiger partial charge on any atom is -0.341 e. The van der Waals surface area contributed by atoms with Crippen LogP contribution in [0.1, 0.15) is 33.6 Å². The third kappa shape index (κ3) is 7.19. The van der Waals surface area contributed by atoms with Crippen molar-refractivity contribution in [2.75, 3.05) is 26.7 Å². The monoisotopic (exact) mass is 215 g/mol. The van der Waals surface area contributed by atoms with E-state index in [-0.39, 0.29) is 12.1 Å². The molecule has 4 heteroatoms. The Hall–Kier alpha value is -0.770. The normalized spacial score (nSPS) is 12.6. The molecule has 0 aromatic carbocycles. The van der Waals surface area contributed by atoms with Gasteiger partial charge in [-0.15, -0.1) is 0 Å². The van der Waals surface area contributed by atoms with E-state index in [0.717, 1.165) is 32.5 Å². The smallest absolute Gasteiger partial charge is 0.314 e. The van der Waals surface area contributed by atoms with Crippen LogP contribution in [0.15, 0.2) is 0 Å². The van der Waals surface area contributed by atoms with Gasteiger partial charge in [0.1, 0.15) is 0 Å². The van der Waals surface area contributed by atoms with Gasteiger partial charge >= 0.3 is 6.03 Å². The van der Waals surface area contributed by atoms with Gasteiger partial charge in [0, 0.05) is 13.1 Å². The van der Waals surface area contributed by atoms with Crippen LogP contribution >= 0.6 is 0 Å². The summed E-state index contributed by atoms with van der Waals surface area (Å²) in [4.78, 5) is 13.4. The van der Waals surface area contributed by atoms with Crippen molar-refractivity contribution in [1.29, 1.82) is 0 Å². The molecule has 0 saturated heterocycles. The number of amides is 2. The summed E-state index contributed by atoms with van der Waals surface area (Å²) in [5, 5.41) is 5.43. The standard InChI is InChI=1S/C11H25N3O/c1-5-14(6-2)9-7-8-10(3)13-11(15)12-4/h10H,5-9H2,1-4H3,(H2,12,13,15). The molecular formula is C11H25N3O. The maximum Gasteiger partial charge on any atom is 0.314 e. The predicted molar refractivity (Wildman–Crippen MR) is 64.1 cm³/mol. The summed E-state index contributed by atoms with van der Waals surface area (Å²) in [6.45, 7) is 9.72. The van der Waals surface area contributed by atoms with Crippen LogP contribution < -0.4 is 10.6 Å². The number of urea groups is 1. The lowest BCUT2D eigenvalue weighted by Crippen LogP contribution is -2.39. The van der Waals surface area contributed by atoms with Gasteiger partial charge in [-0.1, -0.05) is 13.8 Å². The highest BCUT2D eigenvalue weighted by Gasteiger charge is 2.05. The second-order valence-corrected chi connectivity index (χ2v) is 3.79. The largest absolute Gasteiger partial charge is 0.341 e. The highest BCUT2D eigenvalue weighted by molar-refractivity contribution is 5.73. The van der Waals surface area contributed by atoms with Gasteiger partial charge in [0.15, 0.2) is 0 Å². The average Bonchev–Trinajstić information content (AvgIpc) is 2.24. The van der Waals surface area contributed by atoms with E-state index in [1.165, 1.54) is 0 Å². The lowest BCUT2D eigenvalue weighted by atomic mass is 10.2. The number of hydrogen-bond acceptors (Lipinski definition) is 2. The molecule has 4 nitrogen and oxygen atoms in total. The molecule has 0 aliphatic rings. The first-order valence-electron chi connectivity index (χ1n) is 5.84. The molecule has 0 aliphatic heterocycles. The molecule has 0 saturated carbocycles. The first-order valence-corrected chi connectivity index (χ1v) is 5.84. The van der Waals surface area contributed by atoms with Gasteiger partial charge in [-0.05, 0) is 39.4 Å². The van der Waals surface area contributed by atoms with E-state index >= 15 is 0 Å². The lowest BCUT2D eigenvalue weighted by Gasteiger charge is -2.19. The zero-order chi connectivity index (χ0) is 11.7. The van der Waals surface area contributed by atoms with E-state index in [2.05, 4.69) is 29.4 Å². The first-order chi connectivity index (χ1) is 7.13. The summed E-state index contributed by atoms with van der Waals surface area (Å²) >= 11 is 0. The van der Waals surface area contributed by atoms with Gasteiger partial charge < -0.3 is 15.5 Å². The highest BCUT2D eigenvalue weighted by Crippen LogP contribution is 1.99. The van der Waals surface area contributed by atoms with E-state index in [1.807, 2.05) is 6.92 Å². The molecule has 15 heavy (non-hydrogen) atoms. The molecule has 0 aromatic heterocycles. The fourth-order valence-corrected chi connectivity index (χ4v) is 1.53. The second kappa shape index (κ2) is 8.53. The Morgan fingerprint density at radius 3 is 2.40 bits per heavy atom. The maximum atomic E-state index is 11.0. The fourth-order valence-electron chi connectivity index (χ4n) is 1.53. The molecular weight excluding hydrogens is 190 g/mol. The summed E-state index contributed by atoms with van der Waals surface area (Å²) < 4.78 is 0. The van der Waals surface area contributed by atoms with Crippen LogP contribution in [0, 0.1) is 0 Å². The van der Waals surface area contributed by atoms with Crippen LogP contribution in [0.3, 0.4) is 0 Å². The van der Waals surface area contributed by atoms with Gasteiger partial charge in [0.25, 0.3) is 0 Å². The van der Waals surface area contributed by atoms with Gasteiger partial charge in [-0.2, -0.15) is 0 Å². The number of nitrogens with one attached hydrogen (secondary N) is 2. The molecule has 2 amide bonds. The van der Waals surface area contributed by atoms with E-state index in [0.29, 0.717) is 0 Å². The van der Waals surface area contributed by atoms with Gasteiger partial charge in [-0.3, -0.25) is 0 Å². The molecule has 0 aromatic rings. The van der Waals surface area contributed by atoms with Crippen molar-refractivity contribution in [2.45, 2.75) is 39.7 Å². The summed E-state index contributed by atoms with van der Waals surface area (Å²) in [7, 11) is 1.64. The van der Waals surface area contributed by atoms with Crippen molar-refractivity contribution in [1.82, 2.24) is 15.5 Å². The first kappa shape index (κ1) is 14.2. The zero-order valence-corrected chi connectivity index (χ0v) is 10.5. The third-order valence-electron chi connectivity index (χ3n) is 2.61. The van der Waals surface area contributed by atoms with Crippen LogP contribution in [0.4, 0.5) is 4.79 Å². The van der Waals surface area contributed by atoms with Crippen LogP contribution in [0.25, 0.3) is 0 Å².